The molecule has 1 heterocycles. The summed E-state index contributed by atoms with van der Waals surface area (Å²) < 4.78 is 0.862. The number of Topliss-reactive ketones (excluding diaryl/α,β-unsaturated/α-hetero) is 1. The number of aliphatic hydroxyl groups is 1. The van der Waals surface area contributed by atoms with Crippen LogP contribution in [-0.4, -0.2) is 16.8 Å². The molecular weight excluding hydrogens is 346 g/mol. The first-order valence-corrected chi connectivity index (χ1v) is 7.46. The number of halogens is 1. The zero-order valence-electron chi connectivity index (χ0n) is 11.4. The number of benzene rings is 2. The molecule has 1 aliphatic heterocycles. The lowest BCUT2D eigenvalue weighted by Crippen LogP contribution is -2.21. The van der Waals surface area contributed by atoms with E-state index >= 15 is 0 Å². The zero-order valence-corrected chi connectivity index (χ0v) is 13.0. The van der Waals surface area contributed by atoms with Gasteiger partial charge in [-0.15, -0.1) is 0 Å². The smallest absolute Gasteiger partial charge is 0.293 e. The molecule has 5 heteroatoms. The Morgan fingerprint density at radius 2 is 1.64 bits per heavy atom. The number of carbonyl (C=O) groups excluding carboxylic acids is 2. The molecule has 3 rings (SSSR count). The number of amides is 1. The van der Waals surface area contributed by atoms with Crippen molar-refractivity contribution >= 4 is 33.4 Å². The number of hydrogen-bond acceptors (Lipinski definition) is 3. The summed E-state index contributed by atoms with van der Waals surface area (Å²) in [5.74, 6) is -1.58. The van der Waals surface area contributed by atoms with Crippen molar-refractivity contribution in [1.82, 2.24) is 5.32 Å². The molecule has 1 aliphatic rings. The predicted molar refractivity (Wildman–Crippen MR) is 86.0 cm³/mol. The molecule has 0 aliphatic carbocycles. The van der Waals surface area contributed by atoms with Gasteiger partial charge in [-0.05, 0) is 17.7 Å². The molecule has 0 aromatic heterocycles. The summed E-state index contributed by atoms with van der Waals surface area (Å²) in [6, 6.07) is 15.4. The van der Waals surface area contributed by atoms with Crippen LogP contribution in [0.1, 0.15) is 17.2 Å². The van der Waals surface area contributed by atoms with Crippen molar-refractivity contribution in [1.29, 1.82) is 0 Å². The van der Waals surface area contributed by atoms with E-state index in [0.29, 0.717) is 5.56 Å². The topological polar surface area (TPSA) is 66.4 Å². The molecule has 0 radical (unpaired) electrons. The van der Waals surface area contributed by atoms with E-state index in [-0.39, 0.29) is 11.3 Å². The third-order valence-electron chi connectivity index (χ3n) is 3.52. The molecule has 2 aromatic carbocycles. The summed E-state index contributed by atoms with van der Waals surface area (Å²) in [5, 5.41) is 13.1. The number of rotatable bonds is 2. The monoisotopic (exact) mass is 357 g/mol. The van der Waals surface area contributed by atoms with Crippen LogP contribution in [-0.2, 0) is 9.59 Å². The Kier molecular flexibility index (Phi) is 3.81. The average molecular weight is 358 g/mol. The molecule has 1 saturated heterocycles. The van der Waals surface area contributed by atoms with Crippen molar-refractivity contribution in [2.24, 2.45) is 0 Å². The van der Waals surface area contributed by atoms with E-state index in [1.807, 2.05) is 18.2 Å². The molecule has 0 spiro atoms. The first-order valence-electron chi connectivity index (χ1n) is 6.67. The third kappa shape index (κ3) is 2.55. The Hall–Kier alpha value is -2.40. The van der Waals surface area contributed by atoms with Crippen molar-refractivity contribution in [3.8, 4) is 0 Å². The summed E-state index contributed by atoms with van der Waals surface area (Å²) >= 11 is 3.32. The van der Waals surface area contributed by atoms with Crippen molar-refractivity contribution < 1.29 is 14.7 Å². The highest BCUT2D eigenvalue weighted by molar-refractivity contribution is 9.10. The SMILES string of the molecule is O=C1NC(c2ccccc2)C(=C(O)c2ccc(Br)cc2)C1=O. The van der Waals surface area contributed by atoms with Crippen molar-refractivity contribution in [2.75, 3.05) is 0 Å². The lowest BCUT2D eigenvalue weighted by Gasteiger charge is -2.13. The Morgan fingerprint density at radius 1 is 1.00 bits per heavy atom. The van der Waals surface area contributed by atoms with Gasteiger partial charge in [0.05, 0.1) is 11.6 Å². The number of nitrogens with one attached hydrogen (secondary N) is 1. The Balaban J connectivity index is 2.11. The first-order chi connectivity index (χ1) is 10.6. The number of ketones is 1. The van der Waals surface area contributed by atoms with E-state index in [1.54, 1.807) is 36.4 Å². The van der Waals surface area contributed by atoms with Gasteiger partial charge >= 0.3 is 0 Å². The number of hydrogen-bond donors (Lipinski definition) is 2. The second kappa shape index (κ2) is 5.77. The van der Waals surface area contributed by atoms with Gasteiger partial charge in [0.15, 0.2) is 0 Å². The van der Waals surface area contributed by atoms with E-state index in [9.17, 15) is 14.7 Å². The minimum atomic E-state index is -0.701. The van der Waals surface area contributed by atoms with Crippen LogP contribution >= 0.6 is 15.9 Å². The second-order valence-electron chi connectivity index (χ2n) is 4.92. The molecule has 2 N–H and O–H groups in total. The van der Waals surface area contributed by atoms with Crippen LogP contribution in [0.3, 0.4) is 0 Å². The van der Waals surface area contributed by atoms with Gasteiger partial charge in [0.1, 0.15) is 5.76 Å². The Bertz CT molecular complexity index is 766. The van der Waals surface area contributed by atoms with Crippen LogP contribution in [0.15, 0.2) is 64.6 Å². The fraction of sp³-hybridized carbons (Fsp3) is 0.0588. The quantitative estimate of drug-likeness (QED) is 0.492. The van der Waals surface area contributed by atoms with Crippen LogP contribution in [0.4, 0.5) is 0 Å². The van der Waals surface area contributed by atoms with E-state index in [0.717, 1.165) is 10.0 Å². The molecule has 22 heavy (non-hydrogen) atoms. The normalized spacial score (nSPS) is 20.0. The summed E-state index contributed by atoms with van der Waals surface area (Å²) in [6.07, 6.45) is 0. The van der Waals surface area contributed by atoms with E-state index in [4.69, 9.17) is 0 Å². The maximum atomic E-state index is 12.1. The summed E-state index contributed by atoms with van der Waals surface area (Å²) in [6.45, 7) is 0. The van der Waals surface area contributed by atoms with Gasteiger partial charge in [0.2, 0.25) is 0 Å². The standard InChI is InChI=1S/C17H12BrNO3/c18-12-8-6-11(7-9-12)15(20)13-14(19-17(22)16(13)21)10-4-2-1-3-5-10/h1-9,14,20H,(H,19,22). The molecule has 1 amide bonds. The fourth-order valence-electron chi connectivity index (χ4n) is 2.43. The van der Waals surface area contributed by atoms with Gasteiger partial charge < -0.3 is 10.4 Å². The number of aliphatic hydroxyl groups excluding tert-OH is 1. The molecule has 0 saturated carbocycles. The maximum Gasteiger partial charge on any atom is 0.293 e. The predicted octanol–water partition coefficient (Wildman–Crippen LogP) is 3.16. The van der Waals surface area contributed by atoms with Crippen molar-refractivity contribution in [3.63, 3.8) is 0 Å². The largest absolute Gasteiger partial charge is 0.507 e. The minimum Gasteiger partial charge on any atom is -0.507 e. The van der Waals surface area contributed by atoms with E-state index in [2.05, 4.69) is 21.2 Å². The number of carbonyl (C=O) groups is 2. The highest BCUT2D eigenvalue weighted by Crippen LogP contribution is 2.32. The van der Waals surface area contributed by atoms with Gasteiger partial charge in [-0.1, -0.05) is 58.4 Å². The zero-order chi connectivity index (χ0) is 15.7. The molecule has 1 fully saturated rings. The lowest BCUT2D eigenvalue weighted by atomic mass is 9.96. The average Bonchev–Trinajstić information content (AvgIpc) is 2.84. The third-order valence-corrected chi connectivity index (χ3v) is 4.05. The first kappa shape index (κ1) is 14.5. The Labute approximate surface area is 135 Å². The highest BCUT2D eigenvalue weighted by Gasteiger charge is 2.39. The van der Waals surface area contributed by atoms with Crippen LogP contribution in [0.2, 0.25) is 0 Å². The second-order valence-corrected chi connectivity index (χ2v) is 5.83. The highest BCUT2D eigenvalue weighted by atomic mass is 79.9. The molecule has 0 bridgehead atoms. The molecule has 2 aromatic rings. The van der Waals surface area contributed by atoms with Gasteiger partial charge in [0.25, 0.3) is 11.7 Å². The minimum absolute atomic E-state index is 0.0820. The molecule has 1 atom stereocenters. The van der Waals surface area contributed by atoms with Crippen molar-refractivity contribution in [2.45, 2.75) is 6.04 Å². The summed E-state index contributed by atoms with van der Waals surface area (Å²) in [5.41, 5.74) is 1.32. The summed E-state index contributed by atoms with van der Waals surface area (Å²) in [7, 11) is 0. The molecule has 4 nitrogen and oxygen atoms in total. The lowest BCUT2D eigenvalue weighted by molar-refractivity contribution is -0.133. The van der Waals surface area contributed by atoms with Crippen LogP contribution in [0, 0.1) is 0 Å². The van der Waals surface area contributed by atoms with Gasteiger partial charge in [-0.2, -0.15) is 0 Å². The molecular formula is C17H12BrNO3. The van der Waals surface area contributed by atoms with E-state index in [1.165, 1.54) is 0 Å². The van der Waals surface area contributed by atoms with Crippen molar-refractivity contribution in [3.05, 3.63) is 75.8 Å². The van der Waals surface area contributed by atoms with Gasteiger partial charge in [0, 0.05) is 10.0 Å². The van der Waals surface area contributed by atoms with Gasteiger partial charge in [-0.25, -0.2) is 0 Å². The molecule has 1 unspecified atom stereocenters. The fourth-order valence-corrected chi connectivity index (χ4v) is 2.69. The Morgan fingerprint density at radius 3 is 2.27 bits per heavy atom. The van der Waals surface area contributed by atoms with E-state index < -0.39 is 17.7 Å². The van der Waals surface area contributed by atoms with Crippen LogP contribution in [0.5, 0.6) is 0 Å². The molecule has 110 valence electrons. The maximum absolute atomic E-state index is 12.1. The van der Waals surface area contributed by atoms with Crippen LogP contribution in [0.25, 0.3) is 5.76 Å². The summed E-state index contributed by atoms with van der Waals surface area (Å²) in [4.78, 5) is 23.9. The van der Waals surface area contributed by atoms with Crippen LogP contribution < -0.4 is 5.32 Å². The van der Waals surface area contributed by atoms with Gasteiger partial charge in [-0.3, -0.25) is 9.59 Å².